The lowest BCUT2D eigenvalue weighted by Crippen LogP contribution is -2.59. The molecule has 3 aliphatic rings. The number of aliphatic hydroxyl groups is 1. The minimum absolute atomic E-state index is 0.162. The van der Waals surface area contributed by atoms with Crippen molar-refractivity contribution in [2.75, 3.05) is 27.8 Å². The number of piperidine rings is 1. The largest absolute Gasteiger partial charge is 0.504 e. The molecule has 0 radical (unpaired) electrons. The number of likely N-dealkylation sites (N-methyl/N-ethyl adjacent to an activating group) is 1. The number of ether oxygens (including phenoxy) is 1. The first-order valence-corrected chi connectivity index (χ1v) is 8.32. The summed E-state index contributed by atoms with van der Waals surface area (Å²) >= 11 is 0. The first-order chi connectivity index (χ1) is 11.6. The van der Waals surface area contributed by atoms with Crippen LogP contribution in [0, 0.1) is 5.92 Å². The molecular formula is C19H25NO4. The molecule has 4 rings (SSSR count). The number of hydrogen-bond donors (Lipinski definition) is 2. The second-order valence-corrected chi connectivity index (χ2v) is 6.84. The van der Waals surface area contributed by atoms with Crippen LogP contribution in [0.4, 0.5) is 0 Å². The molecule has 1 aromatic carbocycles. The van der Waals surface area contributed by atoms with Crippen LogP contribution in [0.1, 0.15) is 24.0 Å². The number of hydrogen-bond acceptors (Lipinski definition) is 5. The fourth-order valence-corrected chi connectivity index (χ4v) is 4.84. The number of methoxy groups -OCH3 is 1. The van der Waals surface area contributed by atoms with Crippen molar-refractivity contribution >= 4 is 5.78 Å². The number of phenols is 1. The van der Waals surface area contributed by atoms with Crippen molar-refractivity contribution in [3.8, 4) is 11.5 Å². The van der Waals surface area contributed by atoms with Crippen LogP contribution in [0.5, 0.6) is 11.5 Å². The van der Waals surface area contributed by atoms with Gasteiger partial charge in [0.05, 0.1) is 7.11 Å². The Bertz CT molecular complexity index is 684. The Morgan fingerprint density at radius 1 is 1.33 bits per heavy atom. The molecule has 0 spiro atoms. The van der Waals surface area contributed by atoms with Crippen LogP contribution in [0.15, 0.2) is 24.3 Å². The van der Waals surface area contributed by atoms with Crippen LogP contribution in [0.3, 0.4) is 0 Å². The third-order valence-electron chi connectivity index (χ3n) is 5.88. The topological polar surface area (TPSA) is 70.0 Å². The van der Waals surface area contributed by atoms with Crippen LogP contribution in [-0.2, 0) is 16.6 Å². The summed E-state index contributed by atoms with van der Waals surface area (Å²) < 4.78 is 5.31. The van der Waals surface area contributed by atoms with E-state index in [1.165, 1.54) is 0 Å². The highest BCUT2D eigenvalue weighted by Gasteiger charge is 2.54. The van der Waals surface area contributed by atoms with Gasteiger partial charge in [0.25, 0.3) is 0 Å². The van der Waals surface area contributed by atoms with Crippen molar-refractivity contribution in [1.82, 2.24) is 4.90 Å². The number of rotatable bonds is 1. The first kappa shape index (κ1) is 17.0. The Labute approximate surface area is 142 Å². The van der Waals surface area contributed by atoms with Crippen LogP contribution >= 0.6 is 0 Å². The van der Waals surface area contributed by atoms with Gasteiger partial charge >= 0.3 is 0 Å². The smallest absolute Gasteiger partial charge is 0.161 e. The van der Waals surface area contributed by atoms with Gasteiger partial charge in [-0.2, -0.15) is 0 Å². The number of benzene rings is 1. The number of carbonyl (C=O) groups is 1. The zero-order valence-corrected chi connectivity index (χ0v) is 14.5. The van der Waals surface area contributed by atoms with Crippen molar-refractivity contribution < 1.29 is 19.7 Å². The van der Waals surface area contributed by atoms with E-state index in [9.17, 15) is 9.90 Å². The molecule has 0 unspecified atom stereocenters. The number of likely N-dealkylation sites (tertiary alicyclic amines) is 1. The minimum atomic E-state index is -0.269. The summed E-state index contributed by atoms with van der Waals surface area (Å²) in [5, 5.41) is 17.8. The molecule has 130 valence electrons. The summed E-state index contributed by atoms with van der Waals surface area (Å²) in [5.41, 5.74) is 1.85. The molecule has 1 heterocycles. The molecule has 24 heavy (non-hydrogen) atoms. The van der Waals surface area contributed by atoms with E-state index < -0.39 is 0 Å². The second kappa shape index (κ2) is 6.22. The maximum Gasteiger partial charge on any atom is 0.161 e. The lowest BCUT2D eigenvalue weighted by molar-refractivity contribution is -0.118. The summed E-state index contributed by atoms with van der Waals surface area (Å²) in [6.45, 7) is 0.957. The predicted molar refractivity (Wildman–Crippen MR) is 91.5 cm³/mol. The summed E-state index contributed by atoms with van der Waals surface area (Å²) in [7, 11) is 4.73. The van der Waals surface area contributed by atoms with E-state index in [1.807, 2.05) is 6.07 Å². The van der Waals surface area contributed by atoms with E-state index in [1.54, 1.807) is 13.2 Å². The van der Waals surface area contributed by atoms with Gasteiger partial charge < -0.3 is 19.8 Å². The highest BCUT2D eigenvalue weighted by atomic mass is 16.5. The van der Waals surface area contributed by atoms with Crippen LogP contribution in [0.2, 0.25) is 0 Å². The second-order valence-electron chi connectivity index (χ2n) is 6.84. The van der Waals surface area contributed by atoms with Gasteiger partial charge in [-0.25, -0.2) is 0 Å². The third kappa shape index (κ3) is 2.26. The average molecular weight is 331 g/mol. The highest BCUT2D eigenvalue weighted by Crippen LogP contribution is 2.56. The van der Waals surface area contributed by atoms with Gasteiger partial charge in [-0.1, -0.05) is 12.1 Å². The normalized spacial score (nSPS) is 30.8. The zero-order chi connectivity index (χ0) is 17.5. The van der Waals surface area contributed by atoms with Gasteiger partial charge in [-0.15, -0.1) is 0 Å². The Morgan fingerprint density at radius 2 is 2.08 bits per heavy atom. The van der Waals surface area contributed by atoms with E-state index in [-0.39, 0.29) is 22.9 Å². The predicted octanol–water partition coefficient (Wildman–Crippen LogP) is 1.65. The van der Waals surface area contributed by atoms with Crippen molar-refractivity contribution in [3.63, 3.8) is 0 Å². The number of carbonyl (C=O) groups excluding carboxylic acids is 1. The van der Waals surface area contributed by atoms with Crippen molar-refractivity contribution in [2.45, 2.75) is 30.7 Å². The first-order valence-electron chi connectivity index (χ1n) is 8.32. The number of ketones is 1. The molecule has 1 saturated heterocycles. The molecule has 2 bridgehead atoms. The molecule has 0 saturated carbocycles. The fourth-order valence-electron chi connectivity index (χ4n) is 4.84. The van der Waals surface area contributed by atoms with Gasteiger partial charge in [0.2, 0.25) is 0 Å². The summed E-state index contributed by atoms with van der Waals surface area (Å²) in [4.78, 5) is 14.6. The molecule has 2 N–H and O–H groups in total. The maximum atomic E-state index is 12.2. The van der Waals surface area contributed by atoms with E-state index in [0.29, 0.717) is 18.2 Å². The molecule has 1 aliphatic heterocycles. The van der Waals surface area contributed by atoms with E-state index in [2.05, 4.69) is 24.1 Å². The molecular weight excluding hydrogens is 306 g/mol. The molecule has 2 aliphatic carbocycles. The zero-order valence-electron chi connectivity index (χ0n) is 14.5. The van der Waals surface area contributed by atoms with Crippen LogP contribution < -0.4 is 4.74 Å². The number of phenolic OH excluding ortho intramolecular Hbond substituents is 1. The Hall–Kier alpha value is -1.85. The summed E-state index contributed by atoms with van der Waals surface area (Å²) in [6, 6.07) is 4.29. The van der Waals surface area contributed by atoms with Crippen molar-refractivity contribution in [2.24, 2.45) is 5.92 Å². The van der Waals surface area contributed by atoms with Crippen LogP contribution in [0.25, 0.3) is 0 Å². The summed E-state index contributed by atoms with van der Waals surface area (Å²) in [5.74, 6) is 1.19. The van der Waals surface area contributed by atoms with Gasteiger partial charge in [0, 0.05) is 36.5 Å². The molecule has 1 fully saturated rings. The molecule has 3 atom stereocenters. The van der Waals surface area contributed by atoms with E-state index in [4.69, 9.17) is 9.84 Å². The Morgan fingerprint density at radius 3 is 2.79 bits per heavy atom. The SMILES string of the molecule is CO.COc1ccc2c(c1O)[C@]13CCN(C)[C@H](C2)[C@@H]1C=CC(=O)C3. The molecule has 0 aromatic heterocycles. The quantitative estimate of drug-likeness (QED) is 0.819. The van der Waals surface area contributed by atoms with E-state index in [0.717, 1.165) is 37.6 Å². The summed E-state index contributed by atoms with van der Waals surface area (Å²) in [6.07, 6.45) is 6.11. The minimum Gasteiger partial charge on any atom is -0.504 e. The molecule has 5 heteroatoms. The molecule has 5 nitrogen and oxygen atoms in total. The number of nitrogens with zero attached hydrogens (tertiary/aromatic N) is 1. The lowest BCUT2D eigenvalue weighted by atomic mass is 9.53. The molecule has 0 amide bonds. The lowest BCUT2D eigenvalue weighted by Gasteiger charge is -2.56. The van der Waals surface area contributed by atoms with Gasteiger partial charge in [-0.3, -0.25) is 4.79 Å². The third-order valence-corrected chi connectivity index (χ3v) is 5.88. The monoisotopic (exact) mass is 331 g/mol. The van der Waals surface area contributed by atoms with Gasteiger partial charge in [0.15, 0.2) is 17.3 Å². The Kier molecular flexibility index (Phi) is 4.40. The van der Waals surface area contributed by atoms with Crippen LogP contribution in [-0.4, -0.2) is 54.8 Å². The van der Waals surface area contributed by atoms with Crippen molar-refractivity contribution in [3.05, 3.63) is 35.4 Å². The fraction of sp³-hybridized carbons (Fsp3) is 0.526. The average Bonchev–Trinajstić information content (AvgIpc) is 2.59. The maximum absolute atomic E-state index is 12.2. The van der Waals surface area contributed by atoms with E-state index >= 15 is 0 Å². The Balaban J connectivity index is 0.000000815. The number of aromatic hydroxyl groups is 1. The molecule has 1 aromatic rings. The highest BCUT2D eigenvalue weighted by molar-refractivity contribution is 5.92. The number of fused-ring (bicyclic) bond motifs is 1. The van der Waals surface area contributed by atoms with Gasteiger partial charge in [0.1, 0.15) is 0 Å². The number of aliphatic hydroxyl groups excluding tert-OH is 1. The van der Waals surface area contributed by atoms with Crippen molar-refractivity contribution in [1.29, 1.82) is 0 Å². The van der Waals surface area contributed by atoms with Gasteiger partial charge in [-0.05, 0) is 44.1 Å². The number of allylic oxidation sites excluding steroid dienone is 1. The standard InChI is InChI=1S/C18H21NO3.CH4O/c1-19-8-7-18-10-12(20)4-5-13(18)14(19)9-11-3-6-15(22-2)17(21)16(11)18;1-2/h3-6,13-14,21H,7-10H2,1-2H3;2H,1H3/t13-,14+,18-;/m0./s1.